The van der Waals surface area contributed by atoms with Gasteiger partial charge in [0.05, 0.1) is 18.5 Å². The number of aromatic nitrogens is 2. The van der Waals surface area contributed by atoms with Gasteiger partial charge in [-0.05, 0) is 57.1 Å². The largest absolute Gasteiger partial charge is 0.469 e. The maximum absolute atomic E-state index is 5.44. The Labute approximate surface area is 184 Å². The SMILES string of the molecule is Cc1nn(C)c(C)c1CN=C(NCCc1ccco1)NC1CC2CCC1C2.I. The van der Waals surface area contributed by atoms with Crippen LogP contribution in [0.4, 0.5) is 0 Å². The Hall–Kier alpha value is -1.51. The summed E-state index contributed by atoms with van der Waals surface area (Å²) in [6, 6.07) is 4.52. The molecule has 3 atom stereocenters. The molecule has 6 nitrogen and oxygen atoms in total. The summed E-state index contributed by atoms with van der Waals surface area (Å²) in [6.07, 6.45) is 8.03. The Morgan fingerprint density at radius 1 is 1.32 bits per heavy atom. The summed E-state index contributed by atoms with van der Waals surface area (Å²) >= 11 is 0. The van der Waals surface area contributed by atoms with E-state index in [-0.39, 0.29) is 24.0 Å². The molecule has 2 saturated carbocycles. The second-order valence-corrected chi connectivity index (χ2v) is 8.12. The van der Waals surface area contributed by atoms with Gasteiger partial charge in [-0.15, -0.1) is 24.0 Å². The summed E-state index contributed by atoms with van der Waals surface area (Å²) in [6.45, 7) is 5.64. The first-order valence-electron chi connectivity index (χ1n) is 10.2. The van der Waals surface area contributed by atoms with Crippen molar-refractivity contribution in [2.75, 3.05) is 6.54 Å². The molecule has 2 bridgehead atoms. The Balaban J connectivity index is 0.00000225. The molecule has 154 valence electrons. The molecule has 0 spiro atoms. The molecule has 2 heterocycles. The molecule has 4 rings (SSSR count). The topological polar surface area (TPSA) is 67.4 Å². The van der Waals surface area contributed by atoms with E-state index in [9.17, 15) is 0 Å². The van der Waals surface area contributed by atoms with Crippen molar-refractivity contribution in [1.29, 1.82) is 0 Å². The zero-order valence-corrected chi connectivity index (χ0v) is 19.4. The maximum atomic E-state index is 5.44. The number of nitrogens with one attached hydrogen (secondary N) is 2. The normalized spacial score (nSPS) is 23.7. The number of rotatable bonds is 6. The van der Waals surface area contributed by atoms with Crippen LogP contribution in [0.1, 0.15) is 48.4 Å². The monoisotopic (exact) mass is 497 g/mol. The fourth-order valence-electron chi connectivity index (χ4n) is 4.71. The lowest BCUT2D eigenvalue weighted by Crippen LogP contribution is -2.46. The molecule has 2 aliphatic rings. The van der Waals surface area contributed by atoms with E-state index >= 15 is 0 Å². The van der Waals surface area contributed by atoms with Crippen LogP contribution in [0.2, 0.25) is 0 Å². The number of nitrogens with zero attached hydrogens (tertiary/aromatic N) is 3. The highest BCUT2D eigenvalue weighted by Crippen LogP contribution is 2.44. The molecule has 2 fully saturated rings. The quantitative estimate of drug-likeness (QED) is 0.363. The van der Waals surface area contributed by atoms with Gasteiger partial charge in [-0.1, -0.05) is 6.42 Å². The first-order chi connectivity index (χ1) is 13.1. The Morgan fingerprint density at radius 3 is 2.79 bits per heavy atom. The van der Waals surface area contributed by atoms with Crippen molar-refractivity contribution < 1.29 is 4.42 Å². The maximum Gasteiger partial charge on any atom is 0.191 e. The first-order valence-corrected chi connectivity index (χ1v) is 10.2. The first kappa shape index (κ1) is 21.2. The van der Waals surface area contributed by atoms with E-state index in [2.05, 4.69) is 29.6 Å². The lowest BCUT2D eigenvalue weighted by atomic mass is 9.95. The predicted molar refractivity (Wildman–Crippen MR) is 122 cm³/mol. The van der Waals surface area contributed by atoms with Gasteiger partial charge >= 0.3 is 0 Å². The zero-order valence-electron chi connectivity index (χ0n) is 17.1. The van der Waals surface area contributed by atoms with E-state index in [4.69, 9.17) is 9.41 Å². The van der Waals surface area contributed by atoms with Crippen molar-refractivity contribution in [2.24, 2.45) is 23.9 Å². The minimum atomic E-state index is 0. The van der Waals surface area contributed by atoms with Crippen molar-refractivity contribution in [2.45, 2.75) is 58.5 Å². The van der Waals surface area contributed by atoms with Crippen LogP contribution in [0.3, 0.4) is 0 Å². The molecule has 3 unspecified atom stereocenters. The van der Waals surface area contributed by atoms with Crippen LogP contribution in [-0.2, 0) is 20.0 Å². The van der Waals surface area contributed by atoms with Gasteiger partial charge in [-0.2, -0.15) is 5.10 Å². The second kappa shape index (κ2) is 9.33. The molecular formula is C21H32IN5O. The molecule has 2 aliphatic carbocycles. The molecule has 7 heteroatoms. The summed E-state index contributed by atoms with van der Waals surface area (Å²) in [7, 11) is 1.99. The zero-order chi connectivity index (χ0) is 18.8. The number of furan rings is 1. The molecule has 28 heavy (non-hydrogen) atoms. The summed E-state index contributed by atoms with van der Waals surface area (Å²) in [4.78, 5) is 4.91. The van der Waals surface area contributed by atoms with E-state index in [1.165, 1.54) is 36.9 Å². The fourth-order valence-corrected chi connectivity index (χ4v) is 4.71. The summed E-state index contributed by atoms with van der Waals surface area (Å²) in [5.74, 6) is 3.65. The van der Waals surface area contributed by atoms with Crippen molar-refractivity contribution in [3.8, 4) is 0 Å². The van der Waals surface area contributed by atoms with Crippen molar-refractivity contribution in [3.63, 3.8) is 0 Å². The van der Waals surface area contributed by atoms with Crippen LogP contribution in [0, 0.1) is 25.7 Å². The lowest BCUT2D eigenvalue weighted by Gasteiger charge is -2.25. The third kappa shape index (κ3) is 4.72. The molecule has 0 amide bonds. The van der Waals surface area contributed by atoms with Gasteiger partial charge in [0.1, 0.15) is 5.76 Å². The van der Waals surface area contributed by atoms with Crippen molar-refractivity contribution in [1.82, 2.24) is 20.4 Å². The van der Waals surface area contributed by atoms with E-state index in [0.717, 1.165) is 42.2 Å². The van der Waals surface area contributed by atoms with Gasteiger partial charge in [0, 0.05) is 37.3 Å². The Morgan fingerprint density at radius 2 is 2.18 bits per heavy atom. The Kier molecular flexibility index (Phi) is 7.06. The predicted octanol–water partition coefficient (Wildman–Crippen LogP) is 3.71. The average Bonchev–Trinajstić information content (AvgIpc) is 3.42. The standard InChI is InChI=1S/C21H31N5O.HI/c1-14-19(15(2)26(3)25-14)13-23-21(22-9-8-18-5-4-10-27-18)24-20-12-16-6-7-17(20)11-16;/h4-5,10,16-17,20H,6-9,11-13H2,1-3H3,(H2,22,23,24);1H. The minimum absolute atomic E-state index is 0. The third-order valence-electron chi connectivity index (χ3n) is 6.36. The average molecular weight is 497 g/mol. The highest BCUT2D eigenvalue weighted by atomic mass is 127. The molecule has 2 N–H and O–H groups in total. The number of aryl methyl sites for hydroxylation is 2. The lowest BCUT2D eigenvalue weighted by molar-refractivity contribution is 0.387. The molecule has 0 radical (unpaired) electrons. The van der Waals surface area contributed by atoms with Crippen LogP contribution in [0.5, 0.6) is 0 Å². The van der Waals surface area contributed by atoms with Crippen molar-refractivity contribution in [3.05, 3.63) is 41.1 Å². The van der Waals surface area contributed by atoms with Gasteiger partial charge in [0.25, 0.3) is 0 Å². The van der Waals surface area contributed by atoms with Gasteiger partial charge in [0.2, 0.25) is 0 Å². The third-order valence-corrected chi connectivity index (χ3v) is 6.36. The van der Waals surface area contributed by atoms with Crippen LogP contribution in [0.25, 0.3) is 0 Å². The number of aliphatic imine (C=N–C) groups is 1. The number of guanidine groups is 1. The number of fused-ring (bicyclic) bond motifs is 2. The van der Waals surface area contributed by atoms with E-state index in [1.807, 2.05) is 23.9 Å². The van der Waals surface area contributed by atoms with E-state index in [1.54, 1.807) is 6.26 Å². The van der Waals surface area contributed by atoms with Crippen LogP contribution < -0.4 is 10.6 Å². The molecule has 2 aromatic rings. The number of hydrogen-bond acceptors (Lipinski definition) is 3. The van der Waals surface area contributed by atoms with Crippen LogP contribution in [0.15, 0.2) is 27.8 Å². The highest BCUT2D eigenvalue weighted by molar-refractivity contribution is 14.0. The Bertz CT molecular complexity index is 798. The highest BCUT2D eigenvalue weighted by Gasteiger charge is 2.39. The molecular weight excluding hydrogens is 465 g/mol. The summed E-state index contributed by atoms with van der Waals surface area (Å²) in [5.41, 5.74) is 3.47. The van der Waals surface area contributed by atoms with Gasteiger partial charge in [-0.3, -0.25) is 4.68 Å². The van der Waals surface area contributed by atoms with Crippen LogP contribution in [-0.4, -0.2) is 28.3 Å². The summed E-state index contributed by atoms with van der Waals surface area (Å²) in [5, 5.41) is 11.7. The molecule has 0 aromatic carbocycles. The number of hydrogen-bond donors (Lipinski definition) is 2. The van der Waals surface area contributed by atoms with Gasteiger partial charge < -0.3 is 15.1 Å². The fraction of sp³-hybridized carbons (Fsp3) is 0.619. The minimum Gasteiger partial charge on any atom is -0.469 e. The molecule has 2 aromatic heterocycles. The van der Waals surface area contributed by atoms with Crippen LogP contribution >= 0.6 is 24.0 Å². The number of halogens is 1. The van der Waals surface area contributed by atoms with Crippen molar-refractivity contribution >= 4 is 29.9 Å². The smallest absolute Gasteiger partial charge is 0.191 e. The van der Waals surface area contributed by atoms with Gasteiger partial charge in [0.15, 0.2) is 5.96 Å². The van der Waals surface area contributed by atoms with Gasteiger partial charge in [-0.25, -0.2) is 4.99 Å². The van der Waals surface area contributed by atoms with E-state index < -0.39 is 0 Å². The molecule has 0 saturated heterocycles. The summed E-state index contributed by atoms with van der Waals surface area (Å²) < 4.78 is 7.38. The second-order valence-electron chi connectivity index (χ2n) is 8.12. The molecule has 0 aliphatic heterocycles. The van der Waals surface area contributed by atoms with E-state index in [0.29, 0.717) is 12.6 Å².